The van der Waals surface area contributed by atoms with E-state index in [4.69, 9.17) is 0 Å². The van der Waals surface area contributed by atoms with Crippen molar-refractivity contribution in [1.29, 1.82) is 0 Å². The molecule has 1 aromatic carbocycles. The van der Waals surface area contributed by atoms with Gasteiger partial charge < -0.3 is 16.0 Å². The maximum atomic E-state index is 11.3. The molecule has 14 heteroatoms. The van der Waals surface area contributed by atoms with E-state index in [0.29, 0.717) is 0 Å². The number of halogens is 9. The summed E-state index contributed by atoms with van der Waals surface area (Å²) in [5.74, 6) is 0. The summed E-state index contributed by atoms with van der Waals surface area (Å²) < 4.78 is 102. The van der Waals surface area contributed by atoms with E-state index in [1.54, 1.807) is 0 Å². The fraction of sp³-hybridized carbons (Fsp3) is 0.844. The predicted molar refractivity (Wildman–Crippen MR) is 175 cm³/mol. The molecule has 1 aromatic rings. The van der Waals surface area contributed by atoms with Crippen molar-refractivity contribution in [1.82, 2.24) is 0 Å². The second-order valence-corrected chi connectivity index (χ2v) is 21.3. The molecule has 0 fully saturated rings. The molecule has 0 atom stereocenters. The minimum atomic E-state index is -7.10. The van der Waals surface area contributed by atoms with Crippen molar-refractivity contribution in [2.24, 2.45) is 0 Å². The van der Waals surface area contributed by atoms with E-state index in [9.17, 15) is 39.5 Å². The van der Waals surface area contributed by atoms with Gasteiger partial charge in [0.15, 0.2) is 0 Å². The Bertz CT molecular complexity index is 709. The standard InChI is InChI=1S/3C8H18N.C5H5.C3F9Ge.Zr/c3*1-7(2,3)9-8(4,5)6;1-2-4-5-3-1;4-1(5,6)13(2(7,8)9)3(10,11)12;/h3*1-6H3;1-5H;;/q4*-1;;+4. The van der Waals surface area contributed by atoms with Crippen LogP contribution in [0.15, 0.2) is 30.3 Å². The number of alkyl halides is 9. The first kappa shape index (κ1) is 55.4. The van der Waals surface area contributed by atoms with E-state index < -0.39 is 29.4 Å². The van der Waals surface area contributed by atoms with Crippen LogP contribution in [0.2, 0.25) is 0 Å². The average Bonchev–Trinajstić information content (AvgIpc) is 3.07. The molecular formula is C32H59F9GeN3Zr. The molecule has 46 heavy (non-hydrogen) atoms. The van der Waals surface area contributed by atoms with Crippen LogP contribution < -0.4 is 0 Å². The summed E-state index contributed by atoms with van der Waals surface area (Å²) in [6, 6.07) is 10.0. The summed E-state index contributed by atoms with van der Waals surface area (Å²) in [4.78, 5) is 0. The van der Waals surface area contributed by atoms with Crippen LogP contribution in [0.5, 0.6) is 0 Å². The van der Waals surface area contributed by atoms with Gasteiger partial charge in [-0.25, -0.2) is 12.1 Å². The van der Waals surface area contributed by atoms with Gasteiger partial charge in [0.2, 0.25) is 0 Å². The van der Waals surface area contributed by atoms with E-state index in [-0.39, 0.29) is 59.4 Å². The molecule has 0 heterocycles. The number of nitrogens with zero attached hydrogens (tertiary/aromatic N) is 3. The fourth-order valence-corrected chi connectivity index (χ4v) is 5.84. The van der Waals surface area contributed by atoms with Crippen LogP contribution in [0.1, 0.15) is 125 Å². The van der Waals surface area contributed by atoms with Crippen LogP contribution in [0.4, 0.5) is 39.5 Å². The zero-order valence-electron chi connectivity index (χ0n) is 31.1. The van der Waals surface area contributed by atoms with Crippen LogP contribution in [0.3, 0.4) is 0 Å². The summed E-state index contributed by atoms with van der Waals surface area (Å²) in [6.07, 6.45) is 0. The van der Waals surface area contributed by atoms with E-state index in [2.05, 4.69) is 141 Å². The van der Waals surface area contributed by atoms with Gasteiger partial charge in [-0.2, -0.15) is 18.2 Å². The minimum Gasteiger partial charge on any atom is -0.214 e. The Morgan fingerprint density at radius 2 is 0.522 bits per heavy atom. The van der Waals surface area contributed by atoms with E-state index in [1.807, 2.05) is 30.3 Å². The van der Waals surface area contributed by atoms with Crippen LogP contribution in [0.25, 0.3) is 16.0 Å². The van der Waals surface area contributed by atoms with E-state index in [0.717, 1.165) is 0 Å². The second kappa shape index (κ2) is 20.6. The van der Waals surface area contributed by atoms with Gasteiger partial charge in [0.25, 0.3) is 0 Å². The molecule has 1 radical (unpaired) electrons. The first-order chi connectivity index (χ1) is 19.0. The summed E-state index contributed by atoms with van der Waals surface area (Å²) >= 11 is -7.10. The molecule has 0 N–H and O–H groups in total. The molecule has 0 aromatic heterocycles. The second-order valence-electron chi connectivity index (χ2n) is 16.2. The zero-order valence-corrected chi connectivity index (χ0v) is 35.7. The number of hydrogen-bond donors (Lipinski definition) is 0. The van der Waals surface area contributed by atoms with E-state index >= 15 is 0 Å². The first-order valence-electron chi connectivity index (χ1n) is 14.5. The third-order valence-electron chi connectivity index (χ3n) is 3.42. The minimum absolute atomic E-state index is 0. The van der Waals surface area contributed by atoms with Crippen molar-refractivity contribution in [3.8, 4) is 0 Å². The Kier molecular flexibility index (Phi) is 24.9. The average molecular weight is 821 g/mol. The molecule has 0 spiro atoms. The topological polar surface area (TPSA) is 42.3 Å². The molecule has 0 saturated carbocycles. The molecule has 0 amide bonds. The molecule has 0 saturated heterocycles. The Balaban J connectivity index is -0.000000155. The smallest absolute Gasteiger partial charge is 0.214 e. The largest absolute Gasteiger partial charge is 4.00 e. The SMILES string of the molecule is CC(C)(C)[N-]C(C)(C)C.CC(C)(C)[N-]C(C)(C)C.CC(C)(C)[N-]C(C)(C)C.F[C](F)(F)[Ge]([C](F)(F)F)[C](F)(F)F.[Zr+4].c1cc[cH-]c1. The van der Waals surface area contributed by atoms with Gasteiger partial charge in [-0.15, -0.1) is 33.2 Å². The van der Waals surface area contributed by atoms with Crippen molar-refractivity contribution in [3.05, 3.63) is 46.3 Å². The van der Waals surface area contributed by atoms with Gasteiger partial charge in [-0.05, 0) is 0 Å². The maximum absolute atomic E-state index is 11.3. The van der Waals surface area contributed by atoms with Gasteiger partial charge in [-0.1, -0.05) is 125 Å². The van der Waals surface area contributed by atoms with Crippen molar-refractivity contribution in [3.63, 3.8) is 0 Å². The molecule has 0 bridgehead atoms. The Labute approximate surface area is 298 Å². The quantitative estimate of drug-likeness (QED) is 0.142. The fourth-order valence-electron chi connectivity index (χ4n) is 3.82. The summed E-state index contributed by atoms with van der Waals surface area (Å²) in [5, 5.41) is -4.97. The normalized spacial score (nSPS) is 13.4. The Morgan fingerprint density at radius 3 is 0.543 bits per heavy atom. The van der Waals surface area contributed by atoms with Gasteiger partial charge in [0, 0.05) is 0 Å². The molecule has 0 aliphatic rings. The van der Waals surface area contributed by atoms with Crippen molar-refractivity contribution >= 4 is 14.3 Å². The molecule has 273 valence electrons. The monoisotopic (exact) mass is 820 g/mol. The zero-order chi connectivity index (χ0) is 37.7. The maximum Gasteiger partial charge on any atom is 4.00 e. The van der Waals surface area contributed by atoms with Gasteiger partial charge in [0.05, 0.1) is 0 Å². The van der Waals surface area contributed by atoms with Gasteiger partial charge in [0.1, 0.15) is 0 Å². The summed E-state index contributed by atoms with van der Waals surface area (Å²) in [5.41, 5.74) is 0.656. The van der Waals surface area contributed by atoms with Crippen molar-refractivity contribution < 1.29 is 65.7 Å². The molecule has 3 nitrogen and oxygen atoms in total. The predicted octanol–water partition coefficient (Wildman–Crippen LogP) is 13.1. The number of rotatable bonds is 0. The van der Waals surface area contributed by atoms with Crippen LogP contribution in [-0.2, 0) is 26.2 Å². The van der Waals surface area contributed by atoms with Crippen LogP contribution >= 0.6 is 0 Å². The van der Waals surface area contributed by atoms with Gasteiger partial charge in [-0.3, -0.25) is 0 Å². The van der Waals surface area contributed by atoms with Crippen LogP contribution in [-0.4, -0.2) is 62.6 Å². The molecule has 1 rings (SSSR count). The molecule has 0 unspecified atom stereocenters. The van der Waals surface area contributed by atoms with Crippen LogP contribution in [0, 0.1) is 0 Å². The molecule has 0 aliphatic heterocycles. The summed E-state index contributed by atoms with van der Waals surface area (Å²) in [6.45, 7) is 38.2. The van der Waals surface area contributed by atoms with Crippen molar-refractivity contribution in [2.75, 3.05) is 0 Å². The third kappa shape index (κ3) is 48.4. The third-order valence-corrected chi connectivity index (χ3v) is 6.99. The summed E-state index contributed by atoms with van der Waals surface area (Å²) in [7, 11) is 0. The van der Waals surface area contributed by atoms with E-state index in [1.165, 1.54) is 0 Å². The Hall–Kier alpha value is 0.0260. The van der Waals surface area contributed by atoms with Crippen molar-refractivity contribution in [2.45, 2.75) is 173 Å². The number of hydrogen-bond acceptors (Lipinski definition) is 0. The molecular weight excluding hydrogens is 761 g/mol. The Morgan fingerprint density at radius 1 is 0.370 bits per heavy atom. The van der Waals surface area contributed by atoms with Gasteiger partial charge >= 0.3 is 95.1 Å². The first-order valence-corrected chi connectivity index (χ1v) is 17.6. The molecule has 0 aliphatic carbocycles.